The van der Waals surface area contributed by atoms with E-state index >= 15 is 0 Å². The Morgan fingerprint density at radius 1 is 1.32 bits per heavy atom. The molecule has 2 aromatic rings. The van der Waals surface area contributed by atoms with Gasteiger partial charge in [-0.3, -0.25) is 4.90 Å². The number of aryl methyl sites for hydroxylation is 1. The molecule has 5 nitrogen and oxygen atoms in total. The van der Waals surface area contributed by atoms with Gasteiger partial charge >= 0.3 is 0 Å². The van der Waals surface area contributed by atoms with Crippen LogP contribution in [0.15, 0.2) is 18.2 Å². The topological polar surface area (TPSA) is 45.5 Å². The van der Waals surface area contributed by atoms with Crippen LogP contribution in [0.4, 0.5) is 5.95 Å². The number of likely N-dealkylation sites (tertiary alicyclic amines) is 1. The van der Waals surface area contributed by atoms with Crippen LogP contribution in [-0.4, -0.2) is 45.2 Å². The lowest BCUT2D eigenvalue weighted by atomic mass is 10.3. The maximum absolute atomic E-state index is 4.49. The van der Waals surface area contributed by atoms with Crippen LogP contribution in [0.3, 0.4) is 0 Å². The highest BCUT2D eigenvalue weighted by Gasteiger charge is 2.18. The first-order valence-corrected chi connectivity index (χ1v) is 7.04. The first-order chi connectivity index (χ1) is 9.24. The molecule has 3 heterocycles. The van der Waals surface area contributed by atoms with Gasteiger partial charge in [0.15, 0.2) is 5.65 Å². The summed E-state index contributed by atoms with van der Waals surface area (Å²) in [5.41, 5.74) is 2.00. The minimum atomic E-state index is 0.537. The van der Waals surface area contributed by atoms with Gasteiger partial charge in [-0.15, -0.1) is 5.10 Å². The van der Waals surface area contributed by atoms with E-state index in [0.717, 1.165) is 23.8 Å². The highest BCUT2D eigenvalue weighted by atomic mass is 15.4. The summed E-state index contributed by atoms with van der Waals surface area (Å²) in [5.74, 6) is 0.723. The van der Waals surface area contributed by atoms with Gasteiger partial charge in [0, 0.05) is 18.3 Å². The first-order valence-electron chi connectivity index (χ1n) is 7.04. The van der Waals surface area contributed by atoms with E-state index in [1.807, 2.05) is 29.6 Å². The minimum Gasteiger partial charge on any atom is -0.351 e. The van der Waals surface area contributed by atoms with Gasteiger partial charge in [-0.2, -0.15) is 4.98 Å². The number of hydrogen-bond donors (Lipinski definition) is 1. The van der Waals surface area contributed by atoms with Crippen molar-refractivity contribution < 1.29 is 0 Å². The zero-order valence-corrected chi connectivity index (χ0v) is 11.6. The lowest BCUT2D eigenvalue weighted by molar-refractivity contribution is 0.269. The molecular formula is C14H21N5. The van der Waals surface area contributed by atoms with Crippen molar-refractivity contribution in [2.45, 2.75) is 32.7 Å². The molecule has 0 aromatic carbocycles. The van der Waals surface area contributed by atoms with Gasteiger partial charge in [0.25, 0.3) is 0 Å². The van der Waals surface area contributed by atoms with E-state index in [4.69, 9.17) is 0 Å². The summed E-state index contributed by atoms with van der Waals surface area (Å²) in [4.78, 5) is 7.02. The van der Waals surface area contributed by atoms with E-state index < -0.39 is 0 Å². The predicted octanol–water partition coefficient (Wildman–Crippen LogP) is 1.93. The maximum Gasteiger partial charge on any atom is 0.243 e. The number of nitrogens with one attached hydrogen (secondary N) is 1. The second-order valence-electron chi connectivity index (χ2n) is 5.35. The molecule has 1 unspecified atom stereocenters. The van der Waals surface area contributed by atoms with Crippen molar-refractivity contribution in [2.75, 3.05) is 25.0 Å². The van der Waals surface area contributed by atoms with Crippen molar-refractivity contribution in [3.63, 3.8) is 0 Å². The molecule has 102 valence electrons. The Kier molecular flexibility index (Phi) is 3.38. The Balaban J connectivity index is 1.66. The Hall–Kier alpha value is -1.62. The van der Waals surface area contributed by atoms with Crippen LogP contribution in [0.5, 0.6) is 0 Å². The molecule has 0 aliphatic carbocycles. The Bertz CT molecular complexity index is 556. The Labute approximate surface area is 113 Å². The summed E-state index contributed by atoms with van der Waals surface area (Å²) in [5, 5.41) is 7.84. The molecule has 1 N–H and O–H groups in total. The normalized spacial score (nSPS) is 18.0. The monoisotopic (exact) mass is 259 g/mol. The van der Waals surface area contributed by atoms with Crippen LogP contribution in [0, 0.1) is 6.92 Å². The molecule has 0 spiro atoms. The first kappa shape index (κ1) is 12.4. The lowest BCUT2D eigenvalue weighted by Gasteiger charge is -2.23. The molecule has 3 rings (SSSR count). The predicted molar refractivity (Wildman–Crippen MR) is 76.5 cm³/mol. The highest BCUT2D eigenvalue weighted by molar-refractivity contribution is 5.44. The number of fused-ring (bicyclic) bond motifs is 1. The third kappa shape index (κ3) is 2.56. The number of aromatic nitrogens is 3. The third-order valence-electron chi connectivity index (χ3n) is 3.87. The molecule has 1 saturated heterocycles. The van der Waals surface area contributed by atoms with E-state index in [1.165, 1.54) is 25.9 Å². The zero-order chi connectivity index (χ0) is 13.2. The molecule has 5 heteroatoms. The summed E-state index contributed by atoms with van der Waals surface area (Å²) in [6.07, 6.45) is 2.66. The number of anilines is 1. The van der Waals surface area contributed by atoms with Gasteiger partial charge < -0.3 is 5.32 Å². The van der Waals surface area contributed by atoms with Gasteiger partial charge in [0.05, 0.1) is 0 Å². The lowest BCUT2D eigenvalue weighted by Crippen LogP contribution is -2.35. The van der Waals surface area contributed by atoms with Crippen LogP contribution in [0.2, 0.25) is 0 Å². The third-order valence-corrected chi connectivity index (χ3v) is 3.87. The van der Waals surface area contributed by atoms with Crippen LogP contribution in [0.25, 0.3) is 5.65 Å². The van der Waals surface area contributed by atoms with Crippen LogP contribution < -0.4 is 5.32 Å². The Morgan fingerprint density at radius 3 is 2.84 bits per heavy atom. The number of rotatable bonds is 4. The fraction of sp³-hybridized carbons (Fsp3) is 0.571. The average Bonchev–Trinajstić information content (AvgIpc) is 3.05. The van der Waals surface area contributed by atoms with Crippen LogP contribution >= 0.6 is 0 Å². The molecule has 0 amide bonds. The van der Waals surface area contributed by atoms with Crippen molar-refractivity contribution in [3.8, 4) is 0 Å². The van der Waals surface area contributed by atoms with Crippen molar-refractivity contribution in [2.24, 2.45) is 0 Å². The summed E-state index contributed by atoms with van der Waals surface area (Å²) < 4.78 is 1.88. The maximum atomic E-state index is 4.49. The molecule has 1 fully saturated rings. The van der Waals surface area contributed by atoms with E-state index in [0.29, 0.717) is 6.04 Å². The molecular weight excluding hydrogens is 238 g/mol. The molecule has 1 aliphatic heterocycles. The molecule has 0 bridgehead atoms. The Morgan fingerprint density at radius 2 is 2.11 bits per heavy atom. The second-order valence-corrected chi connectivity index (χ2v) is 5.35. The highest BCUT2D eigenvalue weighted by Crippen LogP contribution is 2.12. The number of pyridine rings is 1. The van der Waals surface area contributed by atoms with E-state index in [9.17, 15) is 0 Å². The van der Waals surface area contributed by atoms with E-state index in [2.05, 4.69) is 27.2 Å². The largest absolute Gasteiger partial charge is 0.351 e. The van der Waals surface area contributed by atoms with Gasteiger partial charge in [-0.25, -0.2) is 4.52 Å². The quantitative estimate of drug-likeness (QED) is 0.911. The summed E-state index contributed by atoms with van der Waals surface area (Å²) in [6, 6.07) is 6.57. The van der Waals surface area contributed by atoms with E-state index in [-0.39, 0.29) is 0 Å². The van der Waals surface area contributed by atoms with Crippen molar-refractivity contribution in [1.29, 1.82) is 0 Å². The molecule has 2 aromatic heterocycles. The number of hydrogen-bond acceptors (Lipinski definition) is 4. The smallest absolute Gasteiger partial charge is 0.243 e. The second kappa shape index (κ2) is 5.17. The van der Waals surface area contributed by atoms with Gasteiger partial charge in [-0.1, -0.05) is 6.07 Å². The SMILES string of the molecule is Cc1cccc2nc(NCC(C)N3CCCC3)nn12. The fourth-order valence-electron chi connectivity index (χ4n) is 2.66. The van der Waals surface area contributed by atoms with Crippen molar-refractivity contribution >= 4 is 11.6 Å². The molecule has 0 radical (unpaired) electrons. The van der Waals surface area contributed by atoms with Gasteiger partial charge in [0.2, 0.25) is 5.95 Å². The molecule has 1 atom stereocenters. The zero-order valence-electron chi connectivity index (χ0n) is 11.6. The molecule has 19 heavy (non-hydrogen) atoms. The van der Waals surface area contributed by atoms with Crippen molar-refractivity contribution in [1.82, 2.24) is 19.5 Å². The summed E-state index contributed by atoms with van der Waals surface area (Å²) in [7, 11) is 0. The van der Waals surface area contributed by atoms with E-state index in [1.54, 1.807) is 0 Å². The van der Waals surface area contributed by atoms with Gasteiger partial charge in [0.1, 0.15) is 0 Å². The van der Waals surface area contributed by atoms with Crippen LogP contribution in [0.1, 0.15) is 25.5 Å². The summed E-state index contributed by atoms with van der Waals surface area (Å²) >= 11 is 0. The molecule has 0 saturated carbocycles. The van der Waals surface area contributed by atoms with Crippen LogP contribution in [-0.2, 0) is 0 Å². The fourth-order valence-corrected chi connectivity index (χ4v) is 2.66. The van der Waals surface area contributed by atoms with Gasteiger partial charge in [-0.05, 0) is 51.9 Å². The van der Waals surface area contributed by atoms with Crippen molar-refractivity contribution in [3.05, 3.63) is 23.9 Å². The summed E-state index contributed by atoms with van der Waals surface area (Å²) in [6.45, 7) is 7.65. The average molecular weight is 259 g/mol. The molecule has 1 aliphatic rings. The number of nitrogens with zero attached hydrogens (tertiary/aromatic N) is 4. The standard InChI is InChI=1S/C14H21N5/c1-11-6-5-7-13-16-14(17-19(11)13)15-10-12(2)18-8-3-4-9-18/h5-7,12H,3-4,8-10H2,1-2H3,(H,15,17). The minimum absolute atomic E-state index is 0.537.